The molecule has 0 bridgehead atoms. The van der Waals surface area contributed by atoms with Crippen LogP contribution in [0.4, 0.5) is 4.79 Å². The Hall–Kier alpha value is -1.15. The van der Waals surface area contributed by atoms with Gasteiger partial charge in [0.1, 0.15) is 11.4 Å². The molecule has 0 aliphatic carbocycles. The van der Waals surface area contributed by atoms with E-state index in [2.05, 4.69) is 4.99 Å². The fourth-order valence-electron chi connectivity index (χ4n) is 2.42. The van der Waals surface area contributed by atoms with Gasteiger partial charge in [-0.1, -0.05) is 0 Å². The van der Waals surface area contributed by atoms with Crippen LogP contribution in [0.2, 0.25) is 0 Å². The van der Waals surface area contributed by atoms with Gasteiger partial charge in [-0.15, -0.1) is 0 Å². The van der Waals surface area contributed by atoms with E-state index >= 15 is 0 Å². The van der Waals surface area contributed by atoms with Crippen LogP contribution in [0.25, 0.3) is 0 Å². The first-order chi connectivity index (χ1) is 7.77. The molecular weight excluding hydrogens is 244 g/mol. The lowest BCUT2D eigenvalue weighted by atomic mass is 9.87. The molecule has 2 aliphatic rings. The number of hydrogen-bond acceptors (Lipinski definition) is 4. The van der Waals surface area contributed by atoms with E-state index in [9.17, 15) is 13.2 Å². The summed E-state index contributed by atoms with van der Waals surface area (Å²) >= 11 is 0. The third-order valence-electron chi connectivity index (χ3n) is 3.64. The Balaban J connectivity index is 2.19. The standard InChI is InChI=1S/C9H16N4O3S/c1-12-8(14)11-7(10)9(12)3-5-13(6-4-9)17(2,15)16/h3-6H2,1-2H3,(H2,10,11,14). The van der Waals surface area contributed by atoms with Crippen molar-refractivity contribution in [2.24, 2.45) is 10.7 Å². The number of nitrogens with zero attached hydrogens (tertiary/aromatic N) is 3. The highest BCUT2D eigenvalue weighted by atomic mass is 32.2. The molecule has 1 fully saturated rings. The third kappa shape index (κ3) is 1.81. The predicted molar refractivity (Wildman–Crippen MR) is 63.2 cm³/mol. The topological polar surface area (TPSA) is 96.1 Å². The summed E-state index contributed by atoms with van der Waals surface area (Å²) < 4.78 is 24.2. The molecule has 0 aromatic carbocycles. The first-order valence-corrected chi connectivity index (χ1v) is 7.20. The highest BCUT2D eigenvalue weighted by Gasteiger charge is 2.49. The number of hydrogen-bond donors (Lipinski definition) is 1. The van der Waals surface area contributed by atoms with Gasteiger partial charge in [0.15, 0.2) is 0 Å². The van der Waals surface area contributed by atoms with Crippen molar-refractivity contribution in [1.29, 1.82) is 0 Å². The molecule has 8 heteroatoms. The van der Waals surface area contributed by atoms with Crippen LogP contribution in [0.3, 0.4) is 0 Å². The number of likely N-dealkylation sites (N-methyl/N-ethyl adjacent to an activating group) is 1. The summed E-state index contributed by atoms with van der Waals surface area (Å²) in [5.74, 6) is 0.304. The van der Waals surface area contributed by atoms with E-state index < -0.39 is 15.6 Å². The van der Waals surface area contributed by atoms with Gasteiger partial charge in [0.25, 0.3) is 0 Å². The Bertz CT molecular complexity index is 476. The smallest absolute Gasteiger partial charge is 0.345 e. The van der Waals surface area contributed by atoms with E-state index in [1.165, 1.54) is 15.5 Å². The lowest BCUT2D eigenvalue weighted by Crippen LogP contribution is -2.59. The summed E-state index contributed by atoms with van der Waals surface area (Å²) in [4.78, 5) is 16.7. The zero-order chi connectivity index (χ0) is 12.8. The number of amides is 2. The highest BCUT2D eigenvalue weighted by Crippen LogP contribution is 2.33. The molecule has 7 nitrogen and oxygen atoms in total. The van der Waals surface area contributed by atoms with Crippen molar-refractivity contribution in [3.8, 4) is 0 Å². The molecule has 2 amide bonds. The third-order valence-corrected chi connectivity index (χ3v) is 4.94. The molecule has 0 radical (unpaired) electrons. The van der Waals surface area contributed by atoms with Crippen molar-refractivity contribution in [2.45, 2.75) is 18.4 Å². The number of carbonyl (C=O) groups excluding carboxylic acids is 1. The van der Waals surface area contributed by atoms with Gasteiger partial charge in [0.05, 0.1) is 6.26 Å². The maximum atomic E-state index is 11.5. The average molecular weight is 260 g/mol. The Morgan fingerprint density at radius 1 is 1.35 bits per heavy atom. The Morgan fingerprint density at radius 2 is 1.88 bits per heavy atom. The Labute approximate surface area is 100 Å². The van der Waals surface area contributed by atoms with Gasteiger partial charge in [0.2, 0.25) is 10.0 Å². The van der Waals surface area contributed by atoms with Crippen LogP contribution in [-0.2, 0) is 10.0 Å². The van der Waals surface area contributed by atoms with Gasteiger partial charge in [-0.05, 0) is 12.8 Å². The highest BCUT2D eigenvalue weighted by molar-refractivity contribution is 7.88. The monoisotopic (exact) mass is 260 g/mol. The molecule has 0 atom stereocenters. The van der Waals surface area contributed by atoms with Gasteiger partial charge in [-0.2, -0.15) is 4.99 Å². The van der Waals surface area contributed by atoms with Gasteiger partial charge < -0.3 is 10.6 Å². The number of piperidine rings is 1. The van der Waals surface area contributed by atoms with Gasteiger partial charge >= 0.3 is 6.03 Å². The van der Waals surface area contributed by atoms with Crippen LogP contribution in [0.1, 0.15) is 12.8 Å². The maximum Gasteiger partial charge on any atom is 0.345 e. The second-order valence-corrected chi connectivity index (χ2v) is 6.51. The number of aliphatic imine (C=N–C) groups is 1. The largest absolute Gasteiger partial charge is 0.385 e. The van der Waals surface area contributed by atoms with Gasteiger partial charge in [0, 0.05) is 20.1 Å². The minimum atomic E-state index is -3.17. The van der Waals surface area contributed by atoms with Crippen molar-refractivity contribution in [2.75, 3.05) is 26.4 Å². The second kappa shape index (κ2) is 3.67. The lowest BCUT2D eigenvalue weighted by molar-refractivity contribution is 0.149. The van der Waals surface area contributed by atoms with Crippen molar-refractivity contribution in [1.82, 2.24) is 9.21 Å². The molecule has 0 aromatic rings. The lowest BCUT2D eigenvalue weighted by Gasteiger charge is -2.41. The molecule has 2 heterocycles. The van der Waals surface area contributed by atoms with Crippen LogP contribution >= 0.6 is 0 Å². The van der Waals surface area contributed by atoms with Crippen molar-refractivity contribution in [3.05, 3.63) is 0 Å². The molecule has 0 saturated carbocycles. The normalized spacial score (nSPS) is 25.4. The van der Waals surface area contributed by atoms with Crippen molar-refractivity contribution in [3.63, 3.8) is 0 Å². The zero-order valence-corrected chi connectivity index (χ0v) is 10.7. The number of rotatable bonds is 1. The molecule has 2 N–H and O–H groups in total. The Morgan fingerprint density at radius 3 is 2.24 bits per heavy atom. The molecule has 2 rings (SSSR count). The predicted octanol–water partition coefficient (Wildman–Crippen LogP) is -0.797. The number of nitrogens with two attached hydrogens (primary N) is 1. The second-order valence-electron chi connectivity index (χ2n) is 4.53. The fraction of sp³-hybridized carbons (Fsp3) is 0.778. The van der Waals surface area contributed by atoms with E-state index in [-0.39, 0.29) is 6.03 Å². The quantitative estimate of drug-likeness (QED) is 0.667. The van der Waals surface area contributed by atoms with E-state index in [4.69, 9.17) is 5.73 Å². The molecule has 1 saturated heterocycles. The molecule has 2 aliphatic heterocycles. The van der Waals surface area contributed by atoms with E-state index in [0.29, 0.717) is 31.8 Å². The van der Waals surface area contributed by atoms with Crippen LogP contribution in [-0.4, -0.2) is 61.4 Å². The van der Waals surface area contributed by atoms with E-state index in [1.54, 1.807) is 7.05 Å². The first kappa shape index (κ1) is 12.3. The van der Waals surface area contributed by atoms with Gasteiger partial charge in [-0.3, -0.25) is 0 Å². The maximum absolute atomic E-state index is 11.5. The minimum absolute atomic E-state index is 0.304. The molecule has 96 valence electrons. The number of amidine groups is 1. The van der Waals surface area contributed by atoms with Gasteiger partial charge in [-0.25, -0.2) is 17.5 Å². The van der Waals surface area contributed by atoms with Crippen molar-refractivity contribution >= 4 is 21.9 Å². The summed E-state index contributed by atoms with van der Waals surface area (Å²) in [7, 11) is -1.52. The minimum Gasteiger partial charge on any atom is -0.385 e. The molecular formula is C9H16N4O3S. The van der Waals surface area contributed by atoms with E-state index in [1.807, 2.05) is 0 Å². The SMILES string of the molecule is CN1C(=O)N=C(N)C12CCN(S(C)(=O)=O)CC2. The van der Waals surface area contributed by atoms with Crippen molar-refractivity contribution < 1.29 is 13.2 Å². The first-order valence-electron chi connectivity index (χ1n) is 5.35. The number of carbonyl (C=O) groups is 1. The molecule has 0 aromatic heterocycles. The summed E-state index contributed by atoms with van der Waals surface area (Å²) in [5, 5.41) is 0. The summed E-state index contributed by atoms with van der Waals surface area (Å²) in [6, 6.07) is -0.352. The number of sulfonamides is 1. The zero-order valence-electron chi connectivity index (χ0n) is 9.88. The summed E-state index contributed by atoms with van der Waals surface area (Å²) in [6.45, 7) is 0.735. The Kier molecular flexibility index (Phi) is 2.66. The molecule has 17 heavy (non-hydrogen) atoms. The number of urea groups is 1. The average Bonchev–Trinajstić information content (AvgIpc) is 2.43. The van der Waals surface area contributed by atoms with Crippen LogP contribution < -0.4 is 5.73 Å². The van der Waals surface area contributed by atoms with Crippen LogP contribution in [0, 0.1) is 0 Å². The van der Waals surface area contributed by atoms with Crippen LogP contribution in [0.5, 0.6) is 0 Å². The molecule has 0 unspecified atom stereocenters. The fourth-order valence-corrected chi connectivity index (χ4v) is 3.26. The summed E-state index contributed by atoms with van der Waals surface area (Å²) in [6.07, 6.45) is 2.18. The van der Waals surface area contributed by atoms with Crippen LogP contribution in [0.15, 0.2) is 4.99 Å². The molecule has 1 spiro atoms. The van der Waals surface area contributed by atoms with E-state index in [0.717, 1.165) is 0 Å². The summed E-state index contributed by atoms with van der Waals surface area (Å²) in [5.41, 5.74) is 5.21.